The standard InChI is InChI=1S/C12H13ClN2O3/c13-8-6-7(10(16)17)2-3-9(8)15-11(18)12(14)4-1-5-12/h2-3,6H,1,4-5,14H2,(H,15,18)(H,16,17). The highest BCUT2D eigenvalue weighted by Gasteiger charge is 2.40. The predicted octanol–water partition coefficient (Wildman–Crippen LogP) is 1.86. The van der Waals surface area contributed by atoms with Gasteiger partial charge < -0.3 is 16.2 Å². The van der Waals surface area contributed by atoms with Gasteiger partial charge in [-0.05, 0) is 37.5 Å². The summed E-state index contributed by atoms with van der Waals surface area (Å²) in [7, 11) is 0. The normalized spacial score (nSPS) is 16.8. The van der Waals surface area contributed by atoms with Crippen molar-refractivity contribution in [3.63, 3.8) is 0 Å². The van der Waals surface area contributed by atoms with Crippen molar-refractivity contribution in [3.8, 4) is 0 Å². The van der Waals surface area contributed by atoms with Crippen LogP contribution in [0.4, 0.5) is 5.69 Å². The van der Waals surface area contributed by atoms with E-state index in [1.165, 1.54) is 18.2 Å². The van der Waals surface area contributed by atoms with Crippen LogP contribution >= 0.6 is 11.6 Å². The minimum atomic E-state index is -1.07. The van der Waals surface area contributed by atoms with Crippen LogP contribution in [0.3, 0.4) is 0 Å². The van der Waals surface area contributed by atoms with Gasteiger partial charge in [-0.1, -0.05) is 11.6 Å². The van der Waals surface area contributed by atoms with Crippen LogP contribution < -0.4 is 11.1 Å². The molecule has 1 aromatic rings. The summed E-state index contributed by atoms with van der Waals surface area (Å²) in [6.07, 6.45) is 2.25. The smallest absolute Gasteiger partial charge is 0.335 e. The van der Waals surface area contributed by atoms with Gasteiger partial charge in [-0.15, -0.1) is 0 Å². The van der Waals surface area contributed by atoms with Crippen molar-refractivity contribution in [2.24, 2.45) is 5.73 Å². The summed E-state index contributed by atoms with van der Waals surface area (Å²) >= 11 is 5.91. The van der Waals surface area contributed by atoms with E-state index in [9.17, 15) is 9.59 Å². The zero-order valence-corrected chi connectivity index (χ0v) is 10.3. The van der Waals surface area contributed by atoms with E-state index in [1.54, 1.807) is 0 Å². The summed E-state index contributed by atoms with van der Waals surface area (Å²) < 4.78 is 0. The monoisotopic (exact) mass is 268 g/mol. The molecule has 0 atom stereocenters. The Kier molecular flexibility index (Phi) is 3.28. The number of carboxylic acid groups (broad SMARTS) is 1. The van der Waals surface area contributed by atoms with Crippen molar-refractivity contribution in [1.29, 1.82) is 0 Å². The number of anilines is 1. The quantitative estimate of drug-likeness (QED) is 0.780. The lowest BCUT2D eigenvalue weighted by Crippen LogP contribution is -2.56. The SMILES string of the molecule is NC1(C(=O)Nc2ccc(C(=O)O)cc2Cl)CCC1. The molecule has 2 rings (SSSR count). The lowest BCUT2D eigenvalue weighted by atomic mass is 9.77. The average molecular weight is 269 g/mol. The second kappa shape index (κ2) is 4.59. The summed E-state index contributed by atoms with van der Waals surface area (Å²) in [5.41, 5.74) is 5.51. The molecule has 0 spiro atoms. The predicted molar refractivity (Wildman–Crippen MR) is 67.8 cm³/mol. The maximum absolute atomic E-state index is 11.9. The van der Waals surface area contributed by atoms with Gasteiger partial charge in [0.05, 0.1) is 21.8 Å². The molecule has 1 aliphatic carbocycles. The molecule has 96 valence electrons. The van der Waals surface area contributed by atoms with Crippen LogP contribution in [0.5, 0.6) is 0 Å². The lowest BCUT2D eigenvalue weighted by molar-refractivity contribution is -0.123. The van der Waals surface area contributed by atoms with Gasteiger partial charge in [-0.3, -0.25) is 4.79 Å². The van der Waals surface area contributed by atoms with Crippen molar-refractivity contribution in [1.82, 2.24) is 0 Å². The molecule has 0 unspecified atom stereocenters. The van der Waals surface area contributed by atoms with Crippen molar-refractivity contribution in [2.45, 2.75) is 24.8 Å². The van der Waals surface area contributed by atoms with Gasteiger partial charge in [-0.2, -0.15) is 0 Å². The van der Waals surface area contributed by atoms with Crippen LogP contribution in [0.2, 0.25) is 5.02 Å². The maximum Gasteiger partial charge on any atom is 0.335 e. The first-order valence-corrected chi connectivity index (χ1v) is 5.93. The third kappa shape index (κ3) is 2.32. The minimum absolute atomic E-state index is 0.0732. The van der Waals surface area contributed by atoms with Crippen LogP contribution in [0.15, 0.2) is 18.2 Å². The van der Waals surface area contributed by atoms with Gasteiger partial charge >= 0.3 is 5.97 Å². The number of hydrogen-bond donors (Lipinski definition) is 3. The third-order valence-electron chi connectivity index (χ3n) is 3.16. The van der Waals surface area contributed by atoms with Crippen LogP contribution in [0, 0.1) is 0 Å². The second-order valence-electron chi connectivity index (χ2n) is 4.46. The van der Waals surface area contributed by atoms with E-state index in [-0.39, 0.29) is 16.5 Å². The molecule has 0 heterocycles. The molecule has 0 saturated heterocycles. The molecule has 1 aromatic carbocycles. The second-order valence-corrected chi connectivity index (χ2v) is 4.87. The van der Waals surface area contributed by atoms with Crippen molar-refractivity contribution >= 4 is 29.2 Å². The van der Waals surface area contributed by atoms with E-state index in [0.29, 0.717) is 18.5 Å². The van der Waals surface area contributed by atoms with Crippen LogP contribution in [-0.4, -0.2) is 22.5 Å². The van der Waals surface area contributed by atoms with Crippen LogP contribution in [0.25, 0.3) is 0 Å². The van der Waals surface area contributed by atoms with E-state index >= 15 is 0 Å². The summed E-state index contributed by atoms with van der Waals surface area (Å²) in [6.45, 7) is 0. The molecule has 5 nitrogen and oxygen atoms in total. The Morgan fingerprint density at radius 3 is 2.50 bits per heavy atom. The van der Waals surface area contributed by atoms with E-state index in [4.69, 9.17) is 22.4 Å². The van der Waals surface area contributed by atoms with Gasteiger partial charge in [0.15, 0.2) is 0 Å². The molecule has 0 bridgehead atoms. The molecule has 18 heavy (non-hydrogen) atoms. The Balaban J connectivity index is 2.15. The van der Waals surface area contributed by atoms with Gasteiger partial charge in [0.2, 0.25) is 5.91 Å². The molecule has 0 radical (unpaired) electrons. The molecule has 0 aliphatic heterocycles. The number of benzene rings is 1. The first-order chi connectivity index (χ1) is 8.42. The molecule has 1 aliphatic rings. The van der Waals surface area contributed by atoms with Crippen LogP contribution in [0.1, 0.15) is 29.6 Å². The minimum Gasteiger partial charge on any atom is -0.478 e. The fourth-order valence-corrected chi connectivity index (χ4v) is 2.01. The largest absolute Gasteiger partial charge is 0.478 e. The average Bonchev–Trinajstić information content (AvgIpc) is 2.28. The number of carboxylic acids is 1. The number of halogens is 1. The molecule has 1 saturated carbocycles. The number of nitrogens with two attached hydrogens (primary N) is 1. The number of hydrogen-bond acceptors (Lipinski definition) is 3. The van der Waals surface area contributed by atoms with Crippen molar-refractivity contribution in [3.05, 3.63) is 28.8 Å². The summed E-state index contributed by atoms with van der Waals surface area (Å²) in [6, 6.07) is 4.14. The van der Waals surface area contributed by atoms with E-state index in [1.807, 2.05) is 0 Å². The van der Waals surface area contributed by atoms with Gasteiger partial charge in [-0.25, -0.2) is 4.79 Å². The Morgan fingerprint density at radius 2 is 2.06 bits per heavy atom. The molecule has 4 N–H and O–H groups in total. The molecule has 6 heteroatoms. The number of carbonyl (C=O) groups is 2. The molecule has 1 fully saturated rings. The van der Waals surface area contributed by atoms with Gasteiger partial charge in [0.25, 0.3) is 0 Å². The van der Waals surface area contributed by atoms with E-state index in [2.05, 4.69) is 5.32 Å². The highest BCUT2D eigenvalue weighted by molar-refractivity contribution is 6.34. The Bertz CT molecular complexity index is 512. The number of nitrogens with one attached hydrogen (secondary N) is 1. The van der Waals surface area contributed by atoms with Crippen LogP contribution in [-0.2, 0) is 4.79 Å². The first-order valence-electron chi connectivity index (χ1n) is 5.55. The summed E-state index contributed by atoms with van der Waals surface area (Å²) in [5.74, 6) is -1.34. The number of amides is 1. The Morgan fingerprint density at radius 1 is 1.39 bits per heavy atom. The first kappa shape index (κ1) is 12.9. The maximum atomic E-state index is 11.9. The number of aromatic carboxylic acids is 1. The Hall–Kier alpha value is -1.59. The fourth-order valence-electron chi connectivity index (χ4n) is 1.78. The summed E-state index contributed by atoms with van der Waals surface area (Å²) in [5, 5.41) is 11.6. The van der Waals surface area contributed by atoms with Crippen molar-refractivity contribution < 1.29 is 14.7 Å². The molecule has 1 amide bonds. The molecule has 0 aromatic heterocycles. The zero-order chi connectivity index (χ0) is 13.3. The van der Waals surface area contributed by atoms with Gasteiger partial charge in [0.1, 0.15) is 0 Å². The lowest BCUT2D eigenvalue weighted by Gasteiger charge is -2.36. The number of rotatable bonds is 3. The third-order valence-corrected chi connectivity index (χ3v) is 3.47. The zero-order valence-electron chi connectivity index (χ0n) is 9.57. The number of carbonyl (C=O) groups excluding carboxylic acids is 1. The highest BCUT2D eigenvalue weighted by Crippen LogP contribution is 2.31. The fraction of sp³-hybridized carbons (Fsp3) is 0.333. The Labute approximate surface area is 109 Å². The molecular formula is C12H13ClN2O3. The van der Waals surface area contributed by atoms with E-state index < -0.39 is 11.5 Å². The molecular weight excluding hydrogens is 256 g/mol. The van der Waals surface area contributed by atoms with Gasteiger partial charge in [0, 0.05) is 0 Å². The summed E-state index contributed by atoms with van der Waals surface area (Å²) in [4.78, 5) is 22.6. The van der Waals surface area contributed by atoms with E-state index in [0.717, 1.165) is 6.42 Å². The van der Waals surface area contributed by atoms with Crippen molar-refractivity contribution in [2.75, 3.05) is 5.32 Å². The topological polar surface area (TPSA) is 92.4 Å². The highest BCUT2D eigenvalue weighted by atomic mass is 35.5.